The van der Waals surface area contributed by atoms with Gasteiger partial charge in [0.2, 0.25) is 0 Å². The van der Waals surface area contributed by atoms with E-state index in [-0.39, 0.29) is 0 Å². The van der Waals surface area contributed by atoms with Crippen molar-refractivity contribution in [2.24, 2.45) is 5.92 Å². The fourth-order valence-electron chi connectivity index (χ4n) is 3.39. The van der Waals surface area contributed by atoms with Crippen molar-refractivity contribution in [3.63, 3.8) is 0 Å². The number of hydrogen-bond acceptors (Lipinski definition) is 3. The van der Waals surface area contributed by atoms with Gasteiger partial charge in [-0.05, 0) is 42.0 Å². The van der Waals surface area contributed by atoms with Crippen LogP contribution in [-0.2, 0) is 0 Å². The van der Waals surface area contributed by atoms with Crippen LogP contribution < -0.4 is 5.32 Å². The Bertz CT molecular complexity index is 543. The van der Waals surface area contributed by atoms with Crippen molar-refractivity contribution >= 4 is 21.6 Å². The summed E-state index contributed by atoms with van der Waals surface area (Å²) in [5, 5.41) is 5.80. The minimum absolute atomic E-state index is 0.474. The molecule has 1 fully saturated rings. The first-order valence-electron chi connectivity index (χ1n) is 7.93. The molecule has 1 N–H and O–H groups in total. The van der Waals surface area contributed by atoms with Gasteiger partial charge in [-0.3, -0.25) is 4.98 Å². The zero-order chi connectivity index (χ0) is 13.8. The molecule has 0 aliphatic heterocycles. The number of thiophene rings is 1. The maximum Gasteiger partial charge on any atom is 0.0809 e. The zero-order valence-corrected chi connectivity index (χ0v) is 13.1. The van der Waals surface area contributed by atoms with E-state index in [1.807, 2.05) is 0 Å². The number of hydrogen-bond donors (Lipinski definition) is 1. The van der Waals surface area contributed by atoms with Crippen molar-refractivity contribution in [1.29, 1.82) is 0 Å². The van der Waals surface area contributed by atoms with E-state index in [1.165, 1.54) is 48.8 Å². The summed E-state index contributed by atoms with van der Waals surface area (Å²) >= 11 is 1.79. The first kappa shape index (κ1) is 14.0. The average molecular weight is 288 g/mol. The molecule has 0 spiro atoms. The van der Waals surface area contributed by atoms with Gasteiger partial charge in [0, 0.05) is 12.2 Å². The minimum atomic E-state index is 0.474. The van der Waals surface area contributed by atoms with Crippen LogP contribution >= 0.6 is 11.3 Å². The van der Waals surface area contributed by atoms with E-state index in [4.69, 9.17) is 0 Å². The summed E-state index contributed by atoms with van der Waals surface area (Å²) in [6.07, 6.45) is 10.5. The number of nitrogens with one attached hydrogen (secondary N) is 1. The molecule has 0 bridgehead atoms. The SMILES string of the molecule is CCNC(CC1CCCCC1)c1cnc2ccsc2c1. The summed E-state index contributed by atoms with van der Waals surface area (Å²) < 4.78 is 1.31. The summed E-state index contributed by atoms with van der Waals surface area (Å²) in [6.45, 7) is 3.23. The van der Waals surface area contributed by atoms with Gasteiger partial charge >= 0.3 is 0 Å². The lowest BCUT2D eigenvalue weighted by Gasteiger charge is -2.27. The minimum Gasteiger partial charge on any atom is -0.310 e. The fourth-order valence-corrected chi connectivity index (χ4v) is 4.18. The molecule has 108 valence electrons. The third-order valence-electron chi connectivity index (χ3n) is 4.47. The van der Waals surface area contributed by atoms with Gasteiger partial charge in [0.15, 0.2) is 0 Å². The van der Waals surface area contributed by atoms with Gasteiger partial charge in [-0.2, -0.15) is 0 Å². The molecule has 0 aromatic carbocycles. The molecule has 3 rings (SSSR count). The second kappa shape index (κ2) is 6.68. The first-order valence-corrected chi connectivity index (χ1v) is 8.81. The van der Waals surface area contributed by atoms with E-state index in [9.17, 15) is 0 Å². The van der Waals surface area contributed by atoms with Crippen LogP contribution in [0.25, 0.3) is 10.2 Å². The largest absolute Gasteiger partial charge is 0.310 e. The van der Waals surface area contributed by atoms with Gasteiger partial charge in [-0.25, -0.2) is 0 Å². The smallest absolute Gasteiger partial charge is 0.0809 e. The highest BCUT2D eigenvalue weighted by Gasteiger charge is 2.20. The summed E-state index contributed by atoms with van der Waals surface area (Å²) in [5.74, 6) is 0.895. The summed E-state index contributed by atoms with van der Waals surface area (Å²) in [6, 6.07) is 4.91. The second-order valence-electron chi connectivity index (χ2n) is 5.92. The molecule has 1 aliphatic rings. The molecule has 1 saturated carbocycles. The number of aromatic nitrogens is 1. The topological polar surface area (TPSA) is 24.9 Å². The van der Waals surface area contributed by atoms with Gasteiger partial charge < -0.3 is 5.32 Å². The molecule has 1 unspecified atom stereocenters. The van der Waals surface area contributed by atoms with Crippen molar-refractivity contribution in [1.82, 2.24) is 10.3 Å². The lowest BCUT2D eigenvalue weighted by molar-refractivity contribution is 0.301. The number of fused-ring (bicyclic) bond motifs is 1. The van der Waals surface area contributed by atoms with Gasteiger partial charge in [-0.1, -0.05) is 39.0 Å². The lowest BCUT2D eigenvalue weighted by Crippen LogP contribution is -2.24. The molecule has 2 heterocycles. The van der Waals surface area contributed by atoms with Crippen molar-refractivity contribution in [3.05, 3.63) is 29.3 Å². The van der Waals surface area contributed by atoms with E-state index in [0.29, 0.717) is 6.04 Å². The number of rotatable bonds is 5. The molecule has 2 aromatic rings. The molecule has 2 aromatic heterocycles. The van der Waals surface area contributed by atoms with E-state index < -0.39 is 0 Å². The van der Waals surface area contributed by atoms with Crippen LogP contribution in [0.15, 0.2) is 23.7 Å². The third kappa shape index (κ3) is 3.21. The molecule has 0 amide bonds. The normalized spacial score (nSPS) is 18.4. The van der Waals surface area contributed by atoms with Crippen LogP contribution in [0, 0.1) is 5.92 Å². The van der Waals surface area contributed by atoms with Gasteiger partial charge in [0.25, 0.3) is 0 Å². The Morgan fingerprint density at radius 2 is 2.20 bits per heavy atom. The van der Waals surface area contributed by atoms with Gasteiger partial charge in [-0.15, -0.1) is 11.3 Å². The second-order valence-corrected chi connectivity index (χ2v) is 6.87. The van der Waals surface area contributed by atoms with Crippen molar-refractivity contribution in [2.75, 3.05) is 6.54 Å². The van der Waals surface area contributed by atoms with Crippen LogP contribution in [-0.4, -0.2) is 11.5 Å². The van der Waals surface area contributed by atoms with E-state index in [2.05, 4.69) is 40.9 Å². The van der Waals surface area contributed by atoms with E-state index in [0.717, 1.165) is 18.0 Å². The Hall–Kier alpha value is -0.930. The standard InChI is InChI=1S/C17H24N2S/c1-2-18-16(10-13-6-4-3-5-7-13)14-11-17-15(19-12-14)8-9-20-17/h8-9,11-13,16,18H,2-7,10H2,1H3. The molecule has 0 radical (unpaired) electrons. The fraction of sp³-hybridized carbons (Fsp3) is 0.588. The Morgan fingerprint density at radius 1 is 1.35 bits per heavy atom. The predicted molar refractivity (Wildman–Crippen MR) is 87.2 cm³/mol. The van der Waals surface area contributed by atoms with E-state index in [1.54, 1.807) is 11.3 Å². The van der Waals surface area contributed by atoms with Crippen LogP contribution in [0.5, 0.6) is 0 Å². The molecule has 0 saturated heterocycles. The highest BCUT2D eigenvalue weighted by Crippen LogP contribution is 2.32. The highest BCUT2D eigenvalue weighted by atomic mass is 32.1. The summed E-state index contributed by atoms with van der Waals surface area (Å²) in [4.78, 5) is 4.61. The maximum atomic E-state index is 4.61. The average Bonchev–Trinajstić information content (AvgIpc) is 2.95. The number of nitrogens with zero attached hydrogens (tertiary/aromatic N) is 1. The van der Waals surface area contributed by atoms with Gasteiger partial charge in [0.05, 0.1) is 10.2 Å². The number of pyridine rings is 1. The van der Waals surface area contributed by atoms with Crippen molar-refractivity contribution < 1.29 is 0 Å². The van der Waals surface area contributed by atoms with Crippen LogP contribution in [0.4, 0.5) is 0 Å². The molecule has 20 heavy (non-hydrogen) atoms. The molecular formula is C17H24N2S. The molecule has 3 heteroatoms. The quantitative estimate of drug-likeness (QED) is 0.845. The highest BCUT2D eigenvalue weighted by molar-refractivity contribution is 7.17. The Morgan fingerprint density at radius 3 is 3.00 bits per heavy atom. The third-order valence-corrected chi connectivity index (χ3v) is 5.32. The molecule has 2 nitrogen and oxygen atoms in total. The molecule has 1 aliphatic carbocycles. The monoisotopic (exact) mass is 288 g/mol. The maximum absolute atomic E-state index is 4.61. The van der Waals surface area contributed by atoms with Crippen molar-refractivity contribution in [3.8, 4) is 0 Å². The Labute approximate surface area is 125 Å². The van der Waals surface area contributed by atoms with Crippen molar-refractivity contribution in [2.45, 2.75) is 51.5 Å². The van der Waals surface area contributed by atoms with Crippen LogP contribution in [0.1, 0.15) is 57.1 Å². The van der Waals surface area contributed by atoms with Gasteiger partial charge in [0.1, 0.15) is 0 Å². The molecule has 1 atom stereocenters. The van der Waals surface area contributed by atoms with Crippen LogP contribution in [0.3, 0.4) is 0 Å². The predicted octanol–water partition coefficient (Wildman–Crippen LogP) is 4.92. The Balaban J connectivity index is 1.77. The zero-order valence-electron chi connectivity index (χ0n) is 12.3. The summed E-state index contributed by atoms with van der Waals surface area (Å²) in [5.41, 5.74) is 2.50. The molecular weight excluding hydrogens is 264 g/mol. The first-order chi connectivity index (χ1) is 9.86. The lowest BCUT2D eigenvalue weighted by atomic mass is 9.83. The van der Waals surface area contributed by atoms with E-state index >= 15 is 0 Å². The summed E-state index contributed by atoms with van der Waals surface area (Å²) in [7, 11) is 0. The Kier molecular flexibility index (Phi) is 4.69. The van der Waals surface area contributed by atoms with Crippen LogP contribution in [0.2, 0.25) is 0 Å².